The van der Waals surface area contributed by atoms with Gasteiger partial charge in [-0.2, -0.15) is 0 Å². The first-order valence-electron chi connectivity index (χ1n) is 10.7. The minimum atomic E-state index is -0.631. The number of aromatic amines is 1. The van der Waals surface area contributed by atoms with E-state index in [1.807, 2.05) is 43.3 Å². The van der Waals surface area contributed by atoms with E-state index in [1.54, 1.807) is 0 Å². The van der Waals surface area contributed by atoms with Crippen LogP contribution in [0.2, 0.25) is 0 Å². The molecule has 2 aromatic carbocycles. The Kier molecular flexibility index (Phi) is 6.49. The molecule has 0 radical (unpaired) electrons. The van der Waals surface area contributed by atoms with Crippen molar-refractivity contribution in [3.05, 3.63) is 92.7 Å². The average molecular weight is 420 g/mol. The molecule has 1 aliphatic heterocycles. The maximum absolute atomic E-state index is 12.7. The summed E-state index contributed by atoms with van der Waals surface area (Å²) >= 11 is 0. The van der Waals surface area contributed by atoms with E-state index < -0.39 is 6.10 Å². The number of hydrogen-bond acceptors (Lipinski definition) is 5. The summed E-state index contributed by atoms with van der Waals surface area (Å²) in [6, 6.07) is 15.9. The van der Waals surface area contributed by atoms with Crippen molar-refractivity contribution in [1.29, 1.82) is 0 Å². The zero-order chi connectivity index (χ0) is 21.8. The third-order valence-corrected chi connectivity index (χ3v) is 5.81. The average Bonchev–Trinajstić information content (AvgIpc) is 2.75. The Balaban J connectivity index is 1.38. The van der Waals surface area contributed by atoms with E-state index in [1.165, 1.54) is 11.1 Å². The molecular weight excluding hydrogens is 390 g/mol. The van der Waals surface area contributed by atoms with Gasteiger partial charge in [-0.3, -0.25) is 9.69 Å². The zero-order valence-corrected chi connectivity index (χ0v) is 18.1. The third kappa shape index (κ3) is 5.21. The molecule has 4 rings (SSSR count). The maximum atomic E-state index is 12.7. The number of aliphatic hydroxyl groups is 1. The Morgan fingerprint density at radius 3 is 2.65 bits per heavy atom. The molecule has 0 amide bonds. The number of nitrogens with one attached hydrogen (secondary N) is 1. The van der Waals surface area contributed by atoms with Crippen molar-refractivity contribution in [2.75, 3.05) is 19.7 Å². The number of H-pyrrole nitrogens is 1. The lowest BCUT2D eigenvalue weighted by molar-refractivity contribution is 0.0630. The molecule has 0 saturated carbocycles. The highest BCUT2D eigenvalue weighted by molar-refractivity contribution is 5.32. The molecule has 1 aromatic heterocycles. The number of hydrogen-bond donors (Lipinski definition) is 2. The van der Waals surface area contributed by atoms with Crippen LogP contribution >= 0.6 is 0 Å². The summed E-state index contributed by atoms with van der Waals surface area (Å²) in [6.45, 7) is 5.97. The standard InChI is InChI=1S/C25H29N3O3/c1-17-7-3-5-9-19(17)13-24-26-22-11-12-28(15-21(22)25(30)27-24)14-20(29)16-31-23-10-6-4-8-18(23)2/h3-10,20,29H,11-16H2,1-2H3,(H,26,27,30). The van der Waals surface area contributed by atoms with Crippen molar-refractivity contribution in [1.82, 2.24) is 14.9 Å². The number of rotatable bonds is 7. The fraction of sp³-hybridized carbons (Fsp3) is 0.360. The van der Waals surface area contributed by atoms with Crippen LogP contribution in [0.3, 0.4) is 0 Å². The molecule has 0 spiro atoms. The minimum Gasteiger partial charge on any atom is -0.491 e. The highest BCUT2D eigenvalue weighted by Gasteiger charge is 2.23. The van der Waals surface area contributed by atoms with Crippen LogP contribution in [0.15, 0.2) is 53.3 Å². The molecule has 1 atom stereocenters. The van der Waals surface area contributed by atoms with E-state index in [2.05, 4.69) is 28.9 Å². The Hall–Kier alpha value is -2.96. The summed E-state index contributed by atoms with van der Waals surface area (Å²) in [6.07, 6.45) is 0.688. The predicted molar refractivity (Wildman–Crippen MR) is 121 cm³/mol. The van der Waals surface area contributed by atoms with E-state index in [4.69, 9.17) is 9.72 Å². The van der Waals surface area contributed by atoms with Gasteiger partial charge in [-0.05, 0) is 36.6 Å². The number of para-hydroxylation sites is 1. The monoisotopic (exact) mass is 419 g/mol. The van der Waals surface area contributed by atoms with Crippen molar-refractivity contribution in [2.24, 2.45) is 0 Å². The van der Waals surface area contributed by atoms with Gasteiger partial charge in [0.25, 0.3) is 5.56 Å². The molecule has 2 heterocycles. The van der Waals surface area contributed by atoms with Crippen LogP contribution in [-0.2, 0) is 19.4 Å². The second-order valence-corrected chi connectivity index (χ2v) is 8.26. The van der Waals surface area contributed by atoms with Gasteiger partial charge in [0, 0.05) is 32.5 Å². The van der Waals surface area contributed by atoms with Crippen molar-refractivity contribution >= 4 is 0 Å². The summed E-state index contributed by atoms with van der Waals surface area (Å²) in [5, 5.41) is 10.4. The number of benzene rings is 2. The van der Waals surface area contributed by atoms with Crippen LogP contribution in [0.1, 0.15) is 33.8 Å². The first kappa shape index (κ1) is 21.3. The number of ether oxygens (including phenoxy) is 1. The highest BCUT2D eigenvalue weighted by Crippen LogP contribution is 2.18. The van der Waals surface area contributed by atoms with E-state index in [0.717, 1.165) is 23.6 Å². The van der Waals surface area contributed by atoms with Gasteiger partial charge in [0.05, 0.1) is 11.3 Å². The molecule has 31 heavy (non-hydrogen) atoms. The summed E-state index contributed by atoms with van der Waals surface area (Å²) < 4.78 is 5.76. The second kappa shape index (κ2) is 9.45. The van der Waals surface area contributed by atoms with Crippen LogP contribution in [0.25, 0.3) is 0 Å². The largest absolute Gasteiger partial charge is 0.491 e. The highest BCUT2D eigenvalue weighted by atomic mass is 16.5. The molecule has 1 unspecified atom stereocenters. The first-order chi connectivity index (χ1) is 15.0. The van der Waals surface area contributed by atoms with Gasteiger partial charge in [0.1, 0.15) is 24.3 Å². The van der Waals surface area contributed by atoms with Gasteiger partial charge in [0.15, 0.2) is 0 Å². The number of aryl methyl sites for hydroxylation is 2. The Labute approximate surface area is 182 Å². The quantitative estimate of drug-likeness (QED) is 0.616. The third-order valence-electron chi connectivity index (χ3n) is 5.81. The van der Waals surface area contributed by atoms with Gasteiger partial charge in [0.2, 0.25) is 0 Å². The number of β-amino-alcohol motifs (C(OH)–C–C–N with tert-alkyl or cyclic N) is 1. The normalized spacial score (nSPS) is 14.8. The SMILES string of the molecule is Cc1ccccc1Cc1nc2c(c(=O)[nH]1)CN(CC(O)COc1ccccc1C)CC2. The molecule has 6 nitrogen and oxygen atoms in total. The van der Waals surface area contributed by atoms with Crippen LogP contribution < -0.4 is 10.3 Å². The van der Waals surface area contributed by atoms with Crippen LogP contribution in [0.5, 0.6) is 5.75 Å². The number of nitrogens with zero attached hydrogens (tertiary/aromatic N) is 2. The summed E-state index contributed by atoms with van der Waals surface area (Å²) in [5.74, 6) is 1.49. The fourth-order valence-electron chi connectivity index (χ4n) is 4.02. The molecule has 2 N–H and O–H groups in total. The number of aliphatic hydroxyl groups excluding tert-OH is 1. The maximum Gasteiger partial charge on any atom is 0.255 e. The van der Waals surface area contributed by atoms with Crippen molar-refractivity contribution in [2.45, 2.75) is 39.3 Å². The predicted octanol–water partition coefficient (Wildman–Crippen LogP) is 2.78. The summed E-state index contributed by atoms with van der Waals surface area (Å²) in [4.78, 5) is 22.5. The number of aromatic nitrogens is 2. The molecule has 0 bridgehead atoms. The molecule has 0 saturated heterocycles. The van der Waals surface area contributed by atoms with Gasteiger partial charge in [-0.15, -0.1) is 0 Å². The fourth-order valence-corrected chi connectivity index (χ4v) is 4.02. The van der Waals surface area contributed by atoms with Gasteiger partial charge in [-0.1, -0.05) is 42.5 Å². The van der Waals surface area contributed by atoms with Crippen molar-refractivity contribution in [3.63, 3.8) is 0 Å². The molecule has 1 aliphatic rings. The molecule has 3 aromatic rings. The van der Waals surface area contributed by atoms with E-state index in [0.29, 0.717) is 37.3 Å². The number of fused-ring (bicyclic) bond motifs is 1. The van der Waals surface area contributed by atoms with Gasteiger partial charge in [-0.25, -0.2) is 4.98 Å². The van der Waals surface area contributed by atoms with E-state index in [-0.39, 0.29) is 12.2 Å². The molecule has 0 aliphatic carbocycles. The van der Waals surface area contributed by atoms with E-state index >= 15 is 0 Å². The topological polar surface area (TPSA) is 78.5 Å². The zero-order valence-electron chi connectivity index (χ0n) is 18.1. The van der Waals surface area contributed by atoms with Crippen molar-refractivity contribution in [3.8, 4) is 5.75 Å². The molecule has 162 valence electrons. The summed E-state index contributed by atoms with van der Waals surface area (Å²) in [7, 11) is 0. The Morgan fingerprint density at radius 2 is 1.87 bits per heavy atom. The Morgan fingerprint density at radius 1 is 1.13 bits per heavy atom. The molecule has 6 heteroatoms. The minimum absolute atomic E-state index is 0.0797. The van der Waals surface area contributed by atoms with Crippen molar-refractivity contribution < 1.29 is 9.84 Å². The van der Waals surface area contributed by atoms with E-state index in [9.17, 15) is 9.90 Å². The van der Waals surface area contributed by atoms with Gasteiger partial charge >= 0.3 is 0 Å². The lowest BCUT2D eigenvalue weighted by Crippen LogP contribution is -2.41. The smallest absolute Gasteiger partial charge is 0.255 e. The van der Waals surface area contributed by atoms with Crippen LogP contribution in [-0.4, -0.2) is 45.8 Å². The van der Waals surface area contributed by atoms with Crippen LogP contribution in [0, 0.1) is 13.8 Å². The lowest BCUT2D eigenvalue weighted by atomic mass is 10.0. The first-order valence-corrected chi connectivity index (χ1v) is 10.7. The lowest BCUT2D eigenvalue weighted by Gasteiger charge is -2.29. The second-order valence-electron chi connectivity index (χ2n) is 8.26. The molecule has 0 fully saturated rings. The van der Waals surface area contributed by atoms with Crippen LogP contribution in [0.4, 0.5) is 0 Å². The molecular formula is C25H29N3O3. The summed E-state index contributed by atoms with van der Waals surface area (Å²) in [5.41, 5.74) is 4.89. The van der Waals surface area contributed by atoms with Gasteiger partial charge < -0.3 is 14.8 Å². The Bertz CT molecular complexity index is 1110.